The molecule has 0 N–H and O–H groups in total. The van der Waals surface area contributed by atoms with Crippen molar-refractivity contribution in [3.8, 4) is 28.6 Å². The summed E-state index contributed by atoms with van der Waals surface area (Å²) in [4.78, 5) is 3.49. The number of aryl methyl sites for hydroxylation is 2. The van der Waals surface area contributed by atoms with E-state index in [2.05, 4.69) is 39.1 Å². The molecular weight excluding hydrogens is 605 g/mol. The second-order valence-corrected chi connectivity index (χ2v) is 12.0. The molecule has 230 valence electrons. The maximum absolute atomic E-state index is 14.6. The van der Waals surface area contributed by atoms with Crippen LogP contribution in [0, 0.1) is 31.8 Å². The van der Waals surface area contributed by atoms with Crippen molar-refractivity contribution < 1.29 is 13.2 Å². The molecule has 2 heterocycles. The van der Waals surface area contributed by atoms with E-state index in [0.717, 1.165) is 60.8 Å². The first-order chi connectivity index (χ1) is 23.2. The number of fused-ring (bicyclic) bond motifs is 6. The largest absolute Gasteiger partial charge is 0.415 e. The summed E-state index contributed by atoms with van der Waals surface area (Å²) in [5.74, 6) is 0. The predicted octanol–water partition coefficient (Wildman–Crippen LogP) is 11.6. The molecule has 48 heavy (non-hydrogen) atoms. The summed E-state index contributed by atoms with van der Waals surface area (Å²) in [5.41, 5.74) is 5.53. The van der Waals surface area contributed by atoms with Crippen LogP contribution in [0.1, 0.15) is 22.3 Å². The van der Waals surface area contributed by atoms with Gasteiger partial charge in [-0.2, -0.15) is 18.4 Å². The Labute approximate surface area is 273 Å². The van der Waals surface area contributed by atoms with E-state index in [4.69, 9.17) is 6.57 Å². The number of para-hydroxylation sites is 2. The summed E-state index contributed by atoms with van der Waals surface area (Å²) in [5, 5.41) is 14.7. The van der Waals surface area contributed by atoms with Crippen molar-refractivity contribution in [2.75, 3.05) is 0 Å². The van der Waals surface area contributed by atoms with Gasteiger partial charge in [0.2, 0.25) is 0 Å². The third-order valence-electron chi connectivity index (χ3n) is 9.27. The molecule has 0 atom stereocenters. The number of halogens is 3. The first-order valence-electron chi connectivity index (χ1n) is 15.4. The zero-order chi connectivity index (χ0) is 33.3. The summed E-state index contributed by atoms with van der Waals surface area (Å²) in [6.07, 6.45) is -4.75. The maximum Gasteiger partial charge on any atom is 0.415 e. The number of benzene rings is 6. The Morgan fingerprint density at radius 2 is 1.15 bits per heavy atom. The SMILES string of the molecule is [C-]#[N+]c1cccc(C(F)(F)F)c1-c1cc(-n2c3ccccc3c3c(C)cccc32)c(-n2c3ccccc3c3c(C)cccc32)cc1C#N. The van der Waals surface area contributed by atoms with Gasteiger partial charge in [-0.15, -0.1) is 0 Å². The van der Waals surface area contributed by atoms with E-state index in [-0.39, 0.29) is 22.4 Å². The van der Waals surface area contributed by atoms with Crippen molar-refractivity contribution >= 4 is 49.3 Å². The van der Waals surface area contributed by atoms with Gasteiger partial charge < -0.3 is 9.13 Å². The summed E-state index contributed by atoms with van der Waals surface area (Å²) in [6, 6.07) is 37.2. The van der Waals surface area contributed by atoms with Crippen LogP contribution in [0.15, 0.2) is 115 Å². The fourth-order valence-electron chi connectivity index (χ4n) is 7.30. The Bertz CT molecular complexity index is 2710. The minimum Gasteiger partial charge on any atom is -0.307 e. The molecule has 4 nitrogen and oxygen atoms in total. The molecule has 8 aromatic rings. The minimum atomic E-state index is -4.75. The van der Waals surface area contributed by atoms with E-state index < -0.39 is 11.7 Å². The quantitative estimate of drug-likeness (QED) is 0.179. The monoisotopic (exact) mass is 630 g/mol. The minimum absolute atomic E-state index is 0.0332. The number of aromatic nitrogens is 2. The van der Waals surface area contributed by atoms with E-state index in [1.165, 1.54) is 12.1 Å². The van der Waals surface area contributed by atoms with Crippen LogP contribution in [0.4, 0.5) is 18.9 Å². The van der Waals surface area contributed by atoms with Crippen LogP contribution in [-0.4, -0.2) is 9.13 Å². The molecule has 0 amide bonds. The highest BCUT2D eigenvalue weighted by Gasteiger charge is 2.36. The smallest absolute Gasteiger partial charge is 0.307 e. The lowest BCUT2D eigenvalue weighted by atomic mass is 9.92. The Morgan fingerprint density at radius 3 is 1.67 bits per heavy atom. The Hall–Kier alpha value is -6.31. The Kier molecular flexibility index (Phi) is 6.44. The lowest BCUT2D eigenvalue weighted by Crippen LogP contribution is -2.09. The van der Waals surface area contributed by atoms with Crippen LogP contribution in [0.25, 0.3) is 71.0 Å². The standard InChI is InChI=1S/C41H25F3N4/c1-24-11-8-19-34-38(24)27-13-4-6-17-32(27)47(34)36-21-26(23-45)29(40-30(41(42,43)44)15-10-16-31(40)46-3)22-37(36)48-33-18-7-5-14-28(33)39-25(2)12-9-20-35(39)48/h4-22H,1-2H3. The molecule has 0 aliphatic rings. The van der Waals surface area contributed by atoms with Crippen LogP contribution >= 0.6 is 0 Å². The Morgan fingerprint density at radius 1 is 0.646 bits per heavy atom. The number of hydrogen-bond acceptors (Lipinski definition) is 1. The summed E-state index contributed by atoms with van der Waals surface area (Å²) in [7, 11) is 0. The molecule has 2 aromatic heterocycles. The molecule has 6 aromatic carbocycles. The van der Waals surface area contributed by atoms with E-state index in [0.29, 0.717) is 11.4 Å². The molecule has 0 aliphatic carbocycles. The zero-order valence-electron chi connectivity index (χ0n) is 25.9. The third kappa shape index (κ3) is 4.15. The molecular formula is C41H25F3N4. The van der Waals surface area contributed by atoms with Gasteiger partial charge in [0.25, 0.3) is 0 Å². The van der Waals surface area contributed by atoms with Crippen molar-refractivity contribution in [3.05, 3.63) is 149 Å². The first kappa shape index (κ1) is 29.1. The molecule has 0 saturated carbocycles. The fraction of sp³-hybridized carbons (Fsp3) is 0.0732. The van der Waals surface area contributed by atoms with E-state index in [9.17, 15) is 18.4 Å². The molecule has 0 radical (unpaired) electrons. The lowest BCUT2D eigenvalue weighted by Gasteiger charge is -2.21. The predicted molar refractivity (Wildman–Crippen MR) is 186 cm³/mol. The van der Waals surface area contributed by atoms with Gasteiger partial charge in [-0.1, -0.05) is 78.9 Å². The average Bonchev–Trinajstić information content (AvgIpc) is 3.61. The lowest BCUT2D eigenvalue weighted by molar-refractivity contribution is -0.137. The molecule has 7 heteroatoms. The van der Waals surface area contributed by atoms with Gasteiger partial charge in [-0.3, -0.25) is 0 Å². The van der Waals surface area contributed by atoms with Crippen LogP contribution in [-0.2, 0) is 6.18 Å². The van der Waals surface area contributed by atoms with Crippen LogP contribution in [0.5, 0.6) is 0 Å². The molecule has 8 rings (SSSR count). The highest BCUT2D eigenvalue weighted by atomic mass is 19.4. The van der Waals surface area contributed by atoms with Crippen molar-refractivity contribution in [1.29, 1.82) is 5.26 Å². The molecule has 0 spiro atoms. The van der Waals surface area contributed by atoms with Crippen LogP contribution in [0.2, 0.25) is 0 Å². The highest BCUT2D eigenvalue weighted by Crippen LogP contribution is 2.47. The van der Waals surface area contributed by atoms with E-state index in [1.54, 1.807) is 12.1 Å². The number of nitrogens with zero attached hydrogens (tertiary/aromatic N) is 4. The van der Waals surface area contributed by atoms with Gasteiger partial charge in [-0.25, -0.2) is 4.85 Å². The number of alkyl halides is 3. The molecule has 0 bridgehead atoms. The topological polar surface area (TPSA) is 38.0 Å². The van der Waals surface area contributed by atoms with Crippen LogP contribution < -0.4 is 0 Å². The first-order valence-corrected chi connectivity index (χ1v) is 15.4. The van der Waals surface area contributed by atoms with Gasteiger partial charge in [0.05, 0.1) is 57.2 Å². The van der Waals surface area contributed by atoms with Crippen LogP contribution in [0.3, 0.4) is 0 Å². The van der Waals surface area contributed by atoms with Gasteiger partial charge >= 0.3 is 6.18 Å². The third-order valence-corrected chi connectivity index (χ3v) is 9.27. The van der Waals surface area contributed by atoms with E-state index >= 15 is 0 Å². The van der Waals surface area contributed by atoms with Crippen molar-refractivity contribution in [3.63, 3.8) is 0 Å². The fourth-order valence-corrected chi connectivity index (χ4v) is 7.30. The molecule has 0 unspecified atom stereocenters. The number of hydrogen-bond donors (Lipinski definition) is 0. The Balaban J connectivity index is 1.62. The van der Waals surface area contributed by atoms with Gasteiger partial charge in [-0.05, 0) is 66.9 Å². The number of nitriles is 1. The summed E-state index contributed by atoms with van der Waals surface area (Å²) >= 11 is 0. The second kappa shape index (κ2) is 10.6. The van der Waals surface area contributed by atoms with E-state index in [1.807, 2.05) is 79.7 Å². The summed E-state index contributed by atoms with van der Waals surface area (Å²) in [6.45, 7) is 11.9. The number of rotatable bonds is 3. The van der Waals surface area contributed by atoms with Gasteiger partial charge in [0, 0.05) is 27.1 Å². The molecule has 0 saturated heterocycles. The highest BCUT2D eigenvalue weighted by molar-refractivity contribution is 6.13. The molecule has 0 aliphatic heterocycles. The zero-order valence-corrected chi connectivity index (χ0v) is 25.9. The second-order valence-electron chi connectivity index (χ2n) is 12.0. The van der Waals surface area contributed by atoms with Gasteiger partial charge in [0.1, 0.15) is 0 Å². The average molecular weight is 631 g/mol. The van der Waals surface area contributed by atoms with Crippen molar-refractivity contribution in [1.82, 2.24) is 9.13 Å². The van der Waals surface area contributed by atoms with Gasteiger partial charge in [0.15, 0.2) is 5.69 Å². The van der Waals surface area contributed by atoms with Crippen molar-refractivity contribution in [2.24, 2.45) is 0 Å². The van der Waals surface area contributed by atoms with Crippen molar-refractivity contribution in [2.45, 2.75) is 20.0 Å². The normalized spacial score (nSPS) is 11.8. The molecule has 0 fully saturated rings. The summed E-state index contributed by atoms with van der Waals surface area (Å²) < 4.78 is 48.0. The maximum atomic E-state index is 14.6.